The predicted molar refractivity (Wildman–Crippen MR) is 91.0 cm³/mol. The van der Waals surface area contributed by atoms with Crippen LogP contribution in [0.25, 0.3) is 0 Å². The molecule has 0 saturated carbocycles. The maximum atomic E-state index is 13.8. The molecule has 122 valence electrons. The van der Waals surface area contributed by atoms with Gasteiger partial charge in [-0.1, -0.05) is 18.2 Å². The van der Waals surface area contributed by atoms with Gasteiger partial charge in [-0.3, -0.25) is 9.88 Å². The maximum Gasteiger partial charge on any atom is 0.146 e. The minimum Gasteiger partial charge on any atom is -0.367 e. The summed E-state index contributed by atoms with van der Waals surface area (Å²) in [4.78, 5) is 8.85. The van der Waals surface area contributed by atoms with Gasteiger partial charge in [0.25, 0.3) is 0 Å². The number of benzene rings is 1. The number of anilines is 1. The van der Waals surface area contributed by atoms with Gasteiger partial charge in [-0.25, -0.2) is 4.39 Å². The Balaban J connectivity index is 1.37. The van der Waals surface area contributed by atoms with E-state index in [-0.39, 0.29) is 5.82 Å². The summed E-state index contributed by atoms with van der Waals surface area (Å²) in [6, 6.07) is 13.0. The van der Waals surface area contributed by atoms with Crippen molar-refractivity contribution >= 4 is 5.69 Å². The molecule has 0 unspecified atom stereocenters. The van der Waals surface area contributed by atoms with Crippen LogP contribution in [0, 0.1) is 5.82 Å². The number of rotatable bonds is 6. The van der Waals surface area contributed by atoms with E-state index in [4.69, 9.17) is 0 Å². The Kier molecular flexibility index (Phi) is 5.56. The van der Waals surface area contributed by atoms with Crippen molar-refractivity contribution < 1.29 is 4.39 Å². The summed E-state index contributed by atoms with van der Waals surface area (Å²) < 4.78 is 13.8. The average molecular weight is 314 g/mol. The SMILES string of the molecule is Fc1ccccc1N1CCN(CCNCc2ccccn2)CC1. The molecule has 0 atom stereocenters. The normalized spacial score (nSPS) is 15.8. The van der Waals surface area contributed by atoms with Gasteiger partial charge in [0.15, 0.2) is 0 Å². The molecule has 0 bridgehead atoms. The van der Waals surface area contributed by atoms with Crippen LogP contribution in [0.15, 0.2) is 48.7 Å². The molecule has 0 aliphatic carbocycles. The number of piperazine rings is 1. The molecule has 4 nitrogen and oxygen atoms in total. The predicted octanol–water partition coefficient (Wildman–Crippen LogP) is 2.13. The van der Waals surface area contributed by atoms with Gasteiger partial charge in [-0.05, 0) is 24.3 Å². The smallest absolute Gasteiger partial charge is 0.146 e. The van der Waals surface area contributed by atoms with Crippen LogP contribution < -0.4 is 10.2 Å². The van der Waals surface area contributed by atoms with Crippen LogP contribution in [0.2, 0.25) is 0 Å². The van der Waals surface area contributed by atoms with Crippen LogP contribution in [-0.4, -0.2) is 49.2 Å². The van der Waals surface area contributed by atoms with Crippen molar-refractivity contribution in [3.63, 3.8) is 0 Å². The van der Waals surface area contributed by atoms with Gasteiger partial charge in [0.1, 0.15) is 5.82 Å². The van der Waals surface area contributed by atoms with Gasteiger partial charge in [0, 0.05) is 52.0 Å². The Morgan fingerprint density at radius 2 is 1.78 bits per heavy atom. The van der Waals surface area contributed by atoms with E-state index >= 15 is 0 Å². The van der Waals surface area contributed by atoms with Crippen molar-refractivity contribution in [2.24, 2.45) is 0 Å². The first kappa shape index (κ1) is 15.9. The van der Waals surface area contributed by atoms with E-state index in [1.54, 1.807) is 6.07 Å². The molecule has 1 aromatic heterocycles. The highest BCUT2D eigenvalue weighted by atomic mass is 19.1. The lowest BCUT2D eigenvalue weighted by Crippen LogP contribution is -2.48. The average Bonchev–Trinajstić information content (AvgIpc) is 2.61. The number of aromatic nitrogens is 1. The molecule has 1 fully saturated rings. The number of para-hydroxylation sites is 1. The molecule has 1 saturated heterocycles. The van der Waals surface area contributed by atoms with Crippen molar-refractivity contribution in [1.82, 2.24) is 15.2 Å². The molecule has 0 amide bonds. The third-order valence-corrected chi connectivity index (χ3v) is 4.20. The Hall–Kier alpha value is -1.98. The second-order valence-electron chi connectivity index (χ2n) is 5.78. The lowest BCUT2D eigenvalue weighted by molar-refractivity contribution is 0.256. The fraction of sp³-hybridized carbons (Fsp3) is 0.389. The Morgan fingerprint density at radius 1 is 1.00 bits per heavy atom. The number of hydrogen-bond donors (Lipinski definition) is 1. The number of nitrogens with one attached hydrogen (secondary N) is 1. The standard InChI is InChI=1S/C18H23FN4/c19-17-6-1-2-7-18(17)23-13-11-22(12-14-23)10-9-20-15-16-5-3-4-8-21-16/h1-8,20H,9-15H2. The third kappa shape index (κ3) is 4.50. The van der Waals surface area contributed by atoms with Crippen LogP contribution in [0.1, 0.15) is 5.69 Å². The minimum absolute atomic E-state index is 0.127. The van der Waals surface area contributed by atoms with Gasteiger partial charge in [0.2, 0.25) is 0 Å². The summed E-state index contributed by atoms with van der Waals surface area (Å²) in [6.45, 7) is 6.45. The fourth-order valence-corrected chi connectivity index (χ4v) is 2.88. The lowest BCUT2D eigenvalue weighted by atomic mass is 10.2. The van der Waals surface area contributed by atoms with Crippen LogP contribution in [0.3, 0.4) is 0 Å². The third-order valence-electron chi connectivity index (χ3n) is 4.20. The fourth-order valence-electron chi connectivity index (χ4n) is 2.88. The summed E-state index contributed by atoms with van der Waals surface area (Å²) in [6.07, 6.45) is 1.82. The first-order valence-electron chi connectivity index (χ1n) is 8.15. The van der Waals surface area contributed by atoms with E-state index in [9.17, 15) is 4.39 Å². The summed E-state index contributed by atoms with van der Waals surface area (Å²) >= 11 is 0. The molecule has 3 rings (SSSR count). The Labute approximate surface area is 136 Å². The van der Waals surface area contributed by atoms with Crippen molar-refractivity contribution in [1.29, 1.82) is 0 Å². The molecule has 5 heteroatoms. The van der Waals surface area contributed by atoms with Gasteiger partial charge in [-0.2, -0.15) is 0 Å². The van der Waals surface area contributed by atoms with Crippen LogP contribution in [-0.2, 0) is 6.54 Å². The molecule has 1 aromatic carbocycles. The molecular weight excluding hydrogens is 291 g/mol. The summed E-state index contributed by atoms with van der Waals surface area (Å²) in [7, 11) is 0. The monoisotopic (exact) mass is 314 g/mol. The summed E-state index contributed by atoms with van der Waals surface area (Å²) in [5.41, 5.74) is 1.79. The maximum absolute atomic E-state index is 13.8. The first-order chi connectivity index (χ1) is 11.3. The van der Waals surface area contributed by atoms with Crippen LogP contribution in [0.5, 0.6) is 0 Å². The van der Waals surface area contributed by atoms with E-state index in [0.29, 0.717) is 0 Å². The zero-order valence-electron chi connectivity index (χ0n) is 13.3. The van der Waals surface area contributed by atoms with E-state index in [1.165, 1.54) is 6.07 Å². The Morgan fingerprint density at radius 3 is 2.52 bits per heavy atom. The van der Waals surface area contributed by atoms with Gasteiger partial charge < -0.3 is 10.2 Å². The molecule has 2 heterocycles. The lowest BCUT2D eigenvalue weighted by Gasteiger charge is -2.36. The summed E-state index contributed by atoms with van der Waals surface area (Å²) in [5.74, 6) is -0.127. The highest BCUT2D eigenvalue weighted by molar-refractivity contribution is 5.47. The zero-order valence-corrected chi connectivity index (χ0v) is 13.3. The topological polar surface area (TPSA) is 31.4 Å². The van der Waals surface area contributed by atoms with E-state index in [2.05, 4.69) is 20.1 Å². The quantitative estimate of drug-likeness (QED) is 0.828. The molecule has 23 heavy (non-hydrogen) atoms. The molecule has 1 N–H and O–H groups in total. The molecule has 0 radical (unpaired) electrons. The number of nitrogens with zero attached hydrogens (tertiary/aromatic N) is 3. The number of hydrogen-bond acceptors (Lipinski definition) is 4. The Bertz CT molecular complexity index is 597. The van der Waals surface area contributed by atoms with Gasteiger partial charge >= 0.3 is 0 Å². The number of pyridine rings is 1. The highest BCUT2D eigenvalue weighted by Crippen LogP contribution is 2.19. The first-order valence-corrected chi connectivity index (χ1v) is 8.15. The second-order valence-corrected chi connectivity index (χ2v) is 5.78. The molecule has 1 aliphatic rings. The van der Waals surface area contributed by atoms with E-state index in [0.717, 1.165) is 57.2 Å². The zero-order chi connectivity index (χ0) is 15.9. The molecule has 0 spiro atoms. The van der Waals surface area contributed by atoms with Crippen LogP contribution >= 0.6 is 0 Å². The summed E-state index contributed by atoms with van der Waals surface area (Å²) in [5, 5.41) is 3.42. The van der Waals surface area contributed by atoms with E-state index in [1.807, 2.05) is 36.5 Å². The molecule has 2 aromatic rings. The van der Waals surface area contributed by atoms with E-state index < -0.39 is 0 Å². The minimum atomic E-state index is -0.127. The largest absolute Gasteiger partial charge is 0.367 e. The van der Waals surface area contributed by atoms with Crippen molar-refractivity contribution in [3.8, 4) is 0 Å². The van der Waals surface area contributed by atoms with Crippen LogP contribution in [0.4, 0.5) is 10.1 Å². The number of halogens is 1. The van der Waals surface area contributed by atoms with Gasteiger partial charge in [0.05, 0.1) is 11.4 Å². The van der Waals surface area contributed by atoms with Gasteiger partial charge in [-0.15, -0.1) is 0 Å². The second kappa shape index (κ2) is 8.04. The molecular formula is C18H23FN4. The molecule has 1 aliphatic heterocycles. The van der Waals surface area contributed by atoms with Crippen molar-refractivity contribution in [2.45, 2.75) is 6.54 Å². The van der Waals surface area contributed by atoms with Crippen molar-refractivity contribution in [3.05, 3.63) is 60.2 Å². The van der Waals surface area contributed by atoms with Crippen molar-refractivity contribution in [2.75, 3.05) is 44.2 Å². The highest BCUT2D eigenvalue weighted by Gasteiger charge is 2.18.